The van der Waals surface area contributed by atoms with Gasteiger partial charge < -0.3 is 11.1 Å². The Kier molecular flexibility index (Phi) is 6.71. The van der Waals surface area contributed by atoms with Gasteiger partial charge in [-0.25, -0.2) is 4.98 Å². The molecule has 1 aliphatic heterocycles. The van der Waals surface area contributed by atoms with Crippen molar-refractivity contribution in [2.45, 2.75) is 22.6 Å². The van der Waals surface area contributed by atoms with Gasteiger partial charge in [-0.1, -0.05) is 17.8 Å². The summed E-state index contributed by atoms with van der Waals surface area (Å²) in [5, 5.41) is 2.78. The number of carbonyl (C=O) groups excluding carboxylic acids is 2. The summed E-state index contributed by atoms with van der Waals surface area (Å²) in [6.07, 6.45) is -4.01. The molecular formula is C22H17F3N4O3S2. The number of nitrogens with zero attached hydrogens (tertiary/aromatic N) is 2. The number of aromatic nitrogens is 2. The van der Waals surface area contributed by atoms with Gasteiger partial charge >= 0.3 is 6.18 Å². The number of anilines is 1. The van der Waals surface area contributed by atoms with Gasteiger partial charge in [0.05, 0.1) is 27.6 Å². The molecule has 34 heavy (non-hydrogen) atoms. The highest BCUT2D eigenvalue weighted by Crippen LogP contribution is 2.33. The number of halogens is 3. The number of carbonyl (C=O) groups is 2. The highest BCUT2D eigenvalue weighted by Gasteiger charge is 2.31. The molecule has 3 aromatic rings. The minimum absolute atomic E-state index is 0.0209. The van der Waals surface area contributed by atoms with Crippen LogP contribution in [-0.2, 0) is 17.4 Å². The van der Waals surface area contributed by atoms with Crippen LogP contribution in [0.1, 0.15) is 21.6 Å². The first-order valence-electron chi connectivity index (χ1n) is 9.92. The van der Waals surface area contributed by atoms with Crippen molar-refractivity contribution in [3.05, 3.63) is 75.7 Å². The first-order valence-corrected chi connectivity index (χ1v) is 11.9. The molecule has 12 heteroatoms. The second-order valence-electron chi connectivity index (χ2n) is 7.24. The van der Waals surface area contributed by atoms with Crippen molar-refractivity contribution in [3.8, 4) is 5.69 Å². The number of primary amides is 1. The number of nitrogens with two attached hydrogens (primary N) is 1. The summed E-state index contributed by atoms with van der Waals surface area (Å²) in [6, 6.07) is 10.4. The molecule has 0 aliphatic carbocycles. The smallest absolute Gasteiger partial charge is 0.366 e. The minimum Gasteiger partial charge on any atom is -0.366 e. The quantitative estimate of drug-likeness (QED) is 0.390. The van der Waals surface area contributed by atoms with E-state index in [0.717, 1.165) is 28.5 Å². The average molecular weight is 507 g/mol. The van der Waals surface area contributed by atoms with Crippen molar-refractivity contribution in [3.63, 3.8) is 0 Å². The molecule has 2 amide bonds. The van der Waals surface area contributed by atoms with Gasteiger partial charge in [-0.15, -0.1) is 11.8 Å². The van der Waals surface area contributed by atoms with E-state index in [1.807, 2.05) is 0 Å². The van der Waals surface area contributed by atoms with Crippen LogP contribution >= 0.6 is 23.5 Å². The van der Waals surface area contributed by atoms with Crippen LogP contribution in [0.3, 0.4) is 0 Å². The lowest BCUT2D eigenvalue weighted by molar-refractivity contribution is -0.137. The Balaban J connectivity index is 1.61. The zero-order chi connectivity index (χ0) is 24.5. The fourth-order valence-corrected chi connectivity index (χ4v) is 5.14. The van der Waals surface area contributed by atoms with E-state index in [1.54, 1.807) is 0 Å². The first kappa shape index (κ1) is 23.9. The number of alkyl halides is 3. The number of fused-ring (bicyclic) bond motifs is 1. The van der Waals surface area contributed by atoms with Crippen molar-refractivity contribution >= 4 is 41.0 Å². The maximum absolute atomic E-state index is 13.2. The number of nitrogens with one attached hydrogen (secondary N) is 1. The van der Waals surface area contributed by atoms with Crippen LogP contribution in [0.25, 0.3) is 5.69 Å². The molecule has 0 saturated heterocycles. The Morgan fingerprint density at radius 3 is 2.59 bits per heavy atom. The fourth-order valence-electron chi connectivity index (χ4n) is 3.28. The zero-order valence-corrected chi connectivity index (χ0v) is 19.0. The van der Waals surface area contributed by atoms with E-state index in [2.05, 4.69) is 10.3 Å². The molecule has 3 N–H and O–H groups in total. The van der Waals surface area contributed by atoms with Gasteiger partial charge in [0.2, 0.25) is 11.8 Å². The maximum atomic E-state index is 13.2. The second kappa shape index (κ2) is 9.55. The number of aryl methyl sites for hydroxylation is 1. The summed E-state index contributed by atoms with van der Waals surface area (Å²) in [6.45, 7) is 0. The van der Waals surface area contributed by atoms with E-state index in [4.69, 9.17) is 5.73 Å². The largest absolute Gasteiger partial charge is 0.416 e. The van der Waals surface area contributed by atoms with E-state index >= 15 is 0 Å². The van der Waals surface area contributed by atoms with E-state index in [1.165, 1.54) is 48.2 Å². The monoisotopic (exact) mass is 506 g/mol. The third kappa shape index (κ3) is 5.12. The standard InChI is InChI=1S/C22H17F3N4O3S2/c23-22(24,25)13-2-1-3-15(10-13)29-20(32)18-16(8-9-33-18)28-21(29)34-11-17(30)27-14-6-4-12(5-7-14)19(26)31/h1-7,10H,8-9,11H2,(H2,26,31)(H,27,30). The molecule has 0 atom stereocenters. The molecular weight excluding hydrogens is 489 g/mol. The molecule has 0 fully saturated rings. The van der Waals surface area contributed by atoms with Gasteiger partial charge in [-0.3, -0.25) is 19.0 Å². The number of rotatable bonds is 6. The molecule has 0 bridgehead atoms. The topological polar surface area (TPSA) is 107 Å². The SMILES string of the molecule is NC(=O)c1ccc(NC(=O)CSc2nc3c(c(=O)n2-c2cccc(C(F)(F)F)c2)SCC3)cc1. The molecule has 4 rings (SSSR count). The Morgan fingerprint density at radius 1 is 1.18 bits per heavy atom. The lowest BCUT2D eigenvalue weighted by atomic mass is 10.2. The zero-order valence-electron chi connectivity index (χ0n) is 17.4. The third-order valence-electron chi connectivity index (χ3n) is 4.88. The number of hydrogen-bond acceptors (Lipinski definition) is 6. The van der Waals surface area contributed by atoms with Crippen LogP contribution in [0.5, 0.6) is 0 Å². The van der Waals surface area contributed by atoms with Crippen LogP contribution in [0.4, 0.5) is 18.9 Å². The van der Waals surface area contributed by atoms with Crippen molar-refractivity contribution in [1.29, 1.82) is 0 Å². The van der Waals surface area contributed by atoms with Crippen LogP contribution in [0, 0.1) is 0 Å². The summed E-state index contributed by atoms with van der Waals surface area (Å²) in [5.41, 5.74) is 5.16. The molecule has 1 aromatic heterocycles. The normalized spacial score (nSPS) is 12.9. The molecule has 0 saturated carbocycles. The Morgan fingerprint density at radius 2 is 1.91 bits per heavy atom. The molecule has 2 aromatic carbocycles. The van der Waals surface area contributed by atoms with Crippen molar-refractivity contribution in [1.82, 2.24) is 9.55 Å². The highest BCUT2D eigenvalue weighted by molar-refractivity contribution is 8.00. The van der Waals surface area contributed by atoms with Gasteiger partial charge in [0.15, 0.2) is 5.16 Å². The molecule has 0 unspecified atom stereocenters. The van der Waals surface area contributed by atoms with Gasteiger partial charge in [-0.2, -0.15) is 13.2 Å². The summed E-state index contributed by atoms with van der Waals surface area (Å²) >= 11 is 2.26. The summed E-state index contributed by atoms with van der Waals surface area (Å²) in [7, 11) is 0. The lowest BCUT2D eigenvalue weighted by Gasteiger charge is -2.15. The van der Waals surface area contributed by atoms with Gasteiger partial charge in [0, 0.05) is 23.4 Å². The number of hydrogen-bond donors (Lipinski definition) is 2. The molecule has 1 aliphatic rings. The number of thioether (sulfide) groups is 2. The molecule has 2 heterocycles. The van der Waals surface area contributed by atoms with Crippen molar-refractivity contribution in [2.75, 3.05) is 16.8 Å². The molecule has 7 nitrogen and oxygen atoms in total. The van der Waals surface area contributed by atoms with Gasteiger partial charge in [0.25, 0.3) is 5.56 Å². The molecule has 176 valence electrons. The third-order valence-corrected chi connectivity index (χ3v) is 6.93. The van der Waals surface area contributed by atoms with Crippen LogP contribution < -0.4 is 16.6 Å². The van der Waals surface area contributed by atoms with E-state index in [0.29, 0.717) is 28.5 Å². The Hall–Kier alpha value is -3.25. The van der Waals surface area contributed by atoms with Gasteiger partial charge in [-0.05, 0) is 42.5 Å². The average Bonchev–Trinajstić information content (AvgIpc) is 3.27. The predicted octanol–water partition coefficient (Wildman–Crippen LogP) is 3.73. The summed E-state index contributed by atoms with van der Waals surface area (Å²) in [4.78, 5) is 41.6. The number of benzene rings is 2. The molecule has 0 spiro atoms. The molecule has 0 radical (unpaired) electrons. The summed E-state index contributed by atoms with van der Waals surface area (Å²) < 4.78 is 40.8. The second-order valence-corrected chi connectivity index (χ2v) is 9.28. The Labute approximate surface area is 199 Å². The maximum Gasteiger partial charge on any atom is 0.416 e. The number of amides is 2. The van der Waals surface area contributed by atoms with Crippen LogP contribution in [0.2, 0.25) is 0 Å². The lowest BCUT2D eigenvalue weighted by Crippen LogP contribution is -2.25. The predicted molar refractivity (Wildman–Crippen MR) is 124 cm³/mol. The minimum atomic E-state index is -4.57. The van der Waals surface area contributed by atoms with E-state index < -0.39 is 29.1 Å². The van der Waals surface area contributed by atoms with E-state index in [9.17, 15) is 27.6 Å². The fraction of sp³-hybridized carbons (Fsp3) is 0.182. The Bertz CT molecular complexity index is 1320. The van der Waals surface area contributed by atoms with Crippen LogP contribution in [0.15, 0.2) is 63.4 Å². The first-order chi connectivity index (χ1) is 16.1. The highest BCUT2D eigenvalue weighted by atomic mass is 32.2. The van der Waals surface area contributed by atoms with E-state index in [-0.39, 0.29) is 22.2 Å². The van der Waals surface area contributed by atoms with Gasteiger partial charge in [0.1, 0.15) is 0 Å². The summed E-state index contributed by atoms with van der Waals surface area (Å²) in [5.74, 6) is -0.510. The van der Waals surface area contributed by atoms with Crippen LogP contribution in [-0.4, -0.2) is 32.9 Å². The van der Waals surface area contributed by atoms with Crippen molar-refractivity contribution < 1.29 is 22.8 Å². The van der Waals surface area contributed by atoms with Crippen molar-refractivity contribution in [2.24, 2.45) is 5.73 Å².